The van der Waals surface area contributed by atoms with Gasteiger partial charge < -0.3 is 14.9 Å². The van der Waals surface area contributed by atoms with Crippen LogP contribution in [0.5, 0.6) is 0 Å². The summed E-state index contributed by atoms with van der Waals surface area (Å²) in [6.07, 6.45) is 1.16. The zero-order valence-electron chi connectivity index (χ0n) is 14.4. The number of hydrogen-bond donors (Lipinski definition) is 2. The first-order chi connectivity index (χ1) is 12.4. The van der Waals surface area contributed by atoms with E-state index in [0.29, 0.717) is 18.6 Å². The van der Waals surface area contributed by atoms with Gasteiger partial charge in [0.2, 0.25) is 0 Å². The minimum Gasteiger partial charge on any atom is -0.478 e. The molecule has 0 aliphatic carbocycles. The van der Waals surface area contributed by atoms with Crippen molar-refractivity contribution >= 4 is 27.9 Å². The average molecular weight is 421 g/mol. The number of benzene rings is 2. The number of ether oxygens (including phenoxy) is 1. The molecular weight excluding hydrogens is 400 g/mol. The third-order valence-corrected chi connectivity index (χ3v) is 4.45. The SMILES string of the molecule is CC(Br)CCOCc1c(C(=O)O)ccc(Cc2ccccc2)c1C(=O)O. The second-order valence-electron chi connectivity index (χ2n) is 6.02. The van der Waals surface area contributed by atoms with E-state index in [0.717, 1.165) is 12.0 Å². The van der Waals surface area contributed by atoms with E-state index in [9.17, 15) is 19.8 Å². The van der Waals surface area contributed by atoms with E-state index in [-0.39, 0.29) is 28.1 Å². The van der Waals surface area contributed by atoms with E-state index in [4.69, 9.17) is 4.74 Å². The van der Waals surface area contributed by atoms with Crippen molar-refractivity contribution in [2.24, 2.45) is 0 Å². The maximum atomic E-state index is 11.9. The van der Waals surface area contributed by atoms with Crippen LogP contribution in [-0.2, 0) is 17.8 Å². The predicted octanol–water partition coefficient (Wildman–Crippen LogP) is 4.36. The summed E-state index contributed by atoms with van der Waals surface area (Å²) in [6, 6.07) is 12.5. The van der Waals surface area contributed by atoms with Crippen LogP contribution in [0.4, 0.5) is 0 Å². The Morgan fingerprint density at radius 3 is 2.35 bits per heavy atom. The van der Waals surface area contributed by atoms with Gasteiger partial charge in [-0.15, -0.1) is 0 Å². The van der Waals surface area contributed by atoms with E-state index < -0.39 is 11.9 Å². The van der Waals surface area contributed by atoms with Crippen LogP contribution in [0.25, 0.3) is 0 Å². The van der Waals surface area contributed by atoms with E-state index in [1.54, 1.807) is 6.07 Å². The smallest absolute Gasteiger partial charge is 0.336 e. The van der Waals surface area contributed by atoms with Crippen LogP contribution in [-0.4, -0.2) is 33.6 Å². The first kappa shape index (κ1) is 20.1. The Bertz CT molecular complexity index is 771. The number of carboxylic acid groups (broad SMARTS) is 2. The molecule has 0 saturated carbocycles. The molecule has 6 heteroatoms. The molecule has 2 aromatic carbocycles. The molecule has 0 aliphatic heterocycles. The summed E-state index contributed by atoms with van der Waals surface area (Å²) in [7, 11) is 0. The zero-order chi connectivity index (χ0) is 19.1. The van der Waals surface area contributed by atoms with Crippen LogP contribution in [0.1, 0.15) is 50.8 Å². The summed E-state index contributed by atoms with van der Waals surface area (Å²) in [6.45, 7) is 2.34. The van der Waals surface area contributed by atoms with Gasteiger partial charge in [-0.25, -0.2) is 9.59 Å². The van der Waals surface area contributed by atoms with Crippen molar-refractivity contribution in [2.45, 2.75) is 31.2 Å². The molecule has 2 N–H and O–H groups in total. The molecule has 1 atom stereocenters. The highest BCUT2D eigenvalue weighted by molar-refractivity contribution is 9.09. The highest BCUT2D eigenvalue weighted by atomic mass is 79.9. The Hall–Kier alpha value is -2.18. The second kappa shape index (κ2) is 9.50. The molecule has 0 heterocycles. The first-order valence-corrected chi connectivity index (χ1v) is 9.18. The molecule has 2 aromatic rings. The fourth-order valence-corrected chi connectivity index (χ4v) is 2.88. The topological polar surface area (TPSA) is 83.8 Å². The summed E-state index contributed by atoms with van der Waals surface area (Å²) in [5.74, 6) is -2.31. The van der Waals surface area contributed by atoms with Gasteiger partial charge >= 0.3 is 11.9 Å². The molecule has 0 aliphatic rings. The van der Waals surface area contributed by atoms with Crippen molar-refractivity contribution in [3.8, 4) is 0 Å². The fourth-order valence-electron chi connectivity index (χ4n) is 2.70. The van der Waals surface area contributed by atoms with Crippen molar-refractivity contribution in [3.05, 3.63) is 70.3 Å². The molecule has 0 fully saturated rings. The van der Waals surface area contributed by atoms with E-state index in [2.05, 4.69) is 15.9 Å². The standard InChI is InChI=1S/C20H21BrO5/c1-13(21)9-10-26-12-17-16(19(22)23)8-7-15(18(17)20(24)25)11-14-5-3-2-4-6-14/h2-8,13H,9-12H2,1H3,(H,22,23)(H,24,25). The molecule has 0 radical (unpaired) electrons. The molecule has 0 amide bonds. The van der Waals surface area contributed by atoms with Crippen molar-refractivity contribution in [1.29, 1.82) is 0 Å². The highest BCUT2D eigenvalue weighted by Crippen LogP contribution is 2.24. The van der Waals surface area contributed by atoms with E-state index in [1.165, 1.54) is 6.07 Å². The first-order valence-electron chi connectivity index (χ1n) is 8.27. The zero-order valence-corrected chi connectivity index (χ0v) is 16.0. The minimum atomic E-state index is -1.16. The lowest BCUT2D eigenvalue weighted by atomic mass is 9.92. The highest BCUT2D eigenvalue weighted by Gasteiger charge is 2.22. The van der Waals surface area contributed by atoms with Gasteiger partial charge in [0.05, 0.1) is 17.7 Å². The van der Waals surface area contributed by atoms with Gasteiger partial charge in [0.25, 0.3) is 0 Å². The quantitative estimate of drug-likeness (QED) is 0.464. The van der Waals surface area contributed by atoms with Crippen LogP contribution in [0.2, 0.25) is 0 Å². The van der Waals surface area contributed by atoms with Crippen LogP contribution in [0.15, 0.2) is 42.5 Å². The van der Waals surface area contributed by atoms with Crippen molar-refractivity contribution in [1.82, 2.24) is 0 Å². The van der Waals surface area contributed by atoms with Gasteiger partial charge in [-0.05, 0) is 30.0 Å². The van der Waals surface area contributed by atoms with Gasteiger partial charge in [0, 0.05) is 17.0 Å². The molecule has 0 saturated heterocycles. The molecule has 0 aromatic heterocycles. The van der Waals surface area contributed by atoms with Gasteiger partial charge in [-0.3, -0.25) is 0 Å². The Kier molecular flexibility index (Phi) is 7.36. The number of carboxylic acids is 2. The number of alkyl halides is 1. The lowest BCUT2D eigenvalue weighted by Crippen LogP contribution is -2.15. The molecule has 5 nitrogen and oxygen atoms in total. The third-order valence-electron chi connectivity index (χ3n) is 3.99. The van der Waals surface area contributed by atoms with Gasteiger partial charge in [-0.2, -0.15) is 0 Å². The number of halogens is 1. The van der Waals surface area contributed by atoms with Crippen LogP contribution in [0, 0.1) is 0 Å². The van der Waals surface area contributed by atoms with Crippen LogP contribution < -0.4 is 0 Å². The Labute approximate surface area is 160 Å². The van der Waals surface area contributed by atoms with Crippen molar-refractivity contribution in [3.63, 3.8) is 0 Å². The largest absolute Gasteiger partial charge is 0.478 e. The predicted molar refractivity (Wildman–Crippen MR) is 102 cm³/mol. The van der Waals surface area contributed by atoms with E-state index in [1.807, 2.05) is 37.3 Å². The molecule has 2 rings (SSSR count). The Morgan fingerprint density at radius 2 is 1.77 bits per heavy atom. The summed E-state index contributed by atoms with van der Waals surface area (Å²) >= 11 is 3.42. The van der Waals surface area contributed by atoms with Gasteiger partial charge in [0.1, 0.15) is 0 Å². The lowest BCUT2D eigenvalue weighted by Gasteiger charge is -2.15. The summed E-state index contributed by atoms with van der Waals surface area (Å²) < 4.78 is 5.56. The lowest BCUT2D eigenvalue weighted by molar-refractivity contribution is 0.0677. The van der Waals surface area contributed by atoms with Gasteiger partial charge in [-0.1, -0.05) is 59.3 Å². The third kappa shape index (κ3) is 5.41. The molecular formula is C20H21BrO5. The number of aromatic carboxylic acids is 2. The van der Waals surface area contributed by atoms with Gasteiger partial charge in [0.15, 0.2) is 0 Å². The summed E-state index contributed by atoms with van der Waals surface area (Å²) in [5, 5.41) is 19.2. The summed E-state index contributed by atoms with van der Waals surface area (Å²) in [4.78, 5) is 23.7. The van der Waals surface area contributed by atoms with Crippen LogP contribution >= 0.6 is 15.9 Å². The molecule has 26 heavy (non-hydrogen) atoms. The normalized spacial score (nSPS) is 11.9. The van der Waals surface area contributed by atoms with Crippen molar-refractivity contribution in [2.75, 3.05) is 6.61 Å². The maximum absolute atomic E-state index is 11.9. The monoisotopic (exact) mass is 420 g/mol. The second-order valence-corrected chi connectivity index (χ2v) is 7.58. The van der Waals surface area contributed by atoms with E-state index >= 15 is 0 Å². The molecule has 0 spiro atoms. The Balaban J connectivity index is 2.38. The molecule has 138 valence electrons. The van der Waals surface area contributed by atoms with Crippen LogP contribution in [0.3, 0.4) is 0 Å². The van der Waals surface area contributed by atoms with Crippen molar-refractivity contribution < 1.29 is 24.5 Å². The number of rotatable bonds is 9. The summed E-state index contributed by atoms with van der Waals surface area (Å²) in [5.41, 5.74) is 1.71. The fraction of sp³-hybridized carbons (Fsp3) is 0.300. The maximum Gasteiger partial charge on any atom is 0.336 e. The average Bonchev–Trinajstić information content (AvgIpc) is 2.59. The molecule has 0 bridgehead atoms. The number of hydrogen-bond acceptors (Lipinski definition) is 3. The number of carbonyl (C=O) groups is 2. The minimum absolute atomic E-state index is 0.0145. The Morgan fingerprint density at radius 1 is 1.08 bits per heavy atom. The molecule has 1 unspecified atom stereocenters.